The van der Waals surface area contributed by atoms with E-state index >= 15 is 0 Å². The zero-order valence-corrected chi connectivity index (χ0v) is 15.7. The second-order valence-electron chi connectivity index (χ2n) is 6.00. The number of hydrogen-bond acceptors (Lipinski definition) is 6. The van der Waals surface area contributed by atoms with Crippen LogP contribution in [0.1, 0.15) is 18.5 Å². The van der Waals surface area contributed by atoms with Crippen molar-refractivity contribution in [3.8, 4) is 5.69 Å². The summed E-state index contributed by atoms with van der Waals surface area (Å²) in [6.07, 6.45) is 2.94. The maximum atomic E-state index is 13.5. The van der Waals surface area contributed by atoms with Crippen molar-refractivity contribution in [1.82, 2.24) is 19.1 Å². The molecule has 0 aliphatic heterocycles. The van der Waals surface area contributed by atoms with Crippen molar-refractivity contribution in [2.24, 2.45) is 0 Å². The van der Waals surface area contributed by atoms with Crippen LogP contribution in [0.2, 0.25) is 0 Å². The molecule has 1 atom stereocenters. The smallest absolute Gasteiger partial charge is 0.258 e. The summed E-state index contributed by atoms with van der Waals surface area (Å²) < 4.78 is 41.9. The molecule has 146 valence electrons. The normalized spacial score (nSPS) is 12.9. The van der Waals surface area contributed by atoms with Gasteiger partial charge in [-0.1, -0.05) is 12.1 Å². The highest BCUT2D eigenvalue weighted by molar-refractivity contribution is 7.89. The largest absolute Gasteiger partial charge is 0.306 e. The third-order valence-electron chi connectivity index (χ3n) is 4.40. The van der Waals surface area contributed by atoms with Crippen LogP contribution in [-0.4, -0.2) is 39.5 Å². The summed E-state index contributed by atoms with van der Waals surface area (Å²) in [5, 5.41) is 14.9. The molecule has 0 radical (unpaired) electrons. The van der Waals surface area contributed by atoms with Crippen molar-refractivity contribution in [3.05, 3.63) is 76.6 Å². The van der Waals surface area contributed by atoms with E-state index in [2.05, 4.69) is 10.1 Å². The molecule has 1 aromatic heterocycles. The standard InChI is InChI=1S/C17H16FN5O4S/c1-12(13-3-5-14(6-4-13)22-11-19-10-20-22)21(2)28(26,27)15-7-8-16(18)17(9-15)23(24)25/h3-12H,1-2H3/t12-/m1/s1. The Kier molecular flexibility index (Phi) is 5.21. The summed E-state index contributed by atoms with van der Waals surface area (Å²) in [4.78, 5) is 13.5. The first kappa shape index (κ1) is 19.6. The summed E-state index contributed by atoms with van der Waals surface area (Å²) in [5.41, 5.74) is 0.569. The number of sulfonamides is 1. The Morgan fingerprint density at radius 2 is 1.89 bits per heavy atom. The SMILES string of the molecule is C[C@H](c1ccc(-n2cncn2)cc1)N(C)S(=O)(=O)c1ccc(F)c([N+](=O)[O-])c1. The van der Waals surface area contributed by atoms with Crippen molar-refractivity contribution in [2.75, 3.05) is 7.05 Å². The van der Waals surface area contributed by atoms with Crippen molar-refractivity contribution in [2.45, 2.75) is 17.9 Å². The van der Waals surface area contributed by atoms with Crippen molar-refractivity contribution >= 4 is 15.7 Å². The monoisotopic (exact) mass is 405 g/mol. The quantitative estimate of drug-likeness (QED) is 0.460. The molecule has 2 aromatic carbocycles. The Balaban J connectivity index is 1.88. The van der Waals surface area contributed by atoms with Gasteiger partial charge in [0.25, 0.3) is 0 Å². The second kappa shape index (κ2) is 7.44. The lowest BCUT2D eigenvalue weighted by Crippen LogP contribution is -2.30. The third kappa shape index (κ3) is 3.62. The summed E-state index contributed by atoms with van der Waals surface area (Å²) in [7, 11) is -2.72. The number of nitro groups is 1. The van der Waals surface area contributed by atoms with Crippen molar-refractivity contribution in [1.29, 1.82) is 0 Å². The van der Waals surface area contributed by atoms with Crippen LogP contribution in [0.5, 0.6) is 0 Å². The van der Waals surface area contributed by atoms with E-state index in [0.29, 0.717) is 5.56 Å². The van der Waals surface area contributed by atoms with E-state index in [1.807, 2.05) is 0 Å². The minimum atomic E-state index is -4.08. The Morgan fingerprint density at radius 3 is 2.46 bits per heavy atom. The summed E-state index contributed by atoms with van der Waals surface area (Å²) >= 11 is 0. The predicted molar refractivity (Wildman–Crippen MR) is 97.8 cm³/mol. The summed E-state index contributed by atoms with van der Waals surface area (Å²) in [5.74, 6) is -1.09. The van der Waals surface area contributed by atoms with Gasteiger partial charge >= 0.3 is 5.69 Å². The van der Waals surface area contributed by atoms with Crippen LogP contribution in [0, 0.1) is 15.9 Å². The fourth-order valence-corrected chi connectivity index (χ4v) is 4.00. The molecule has 1 heterocycles. The minimum absolute atomic E-state index is 0.353. The lowest BCUT2D eigenvalue weighted by molar-refractivity contribution is -0.387. The van der Waals surface area contributed by atoms with Crippen LogP contribution in [0.3, 0.4) is 0 Å². The van der Waals surface area contributed by atoms with E-state index in [1.165, 1.54) is 19.7 Å². The van der Waals surface area contributed by atoms with Gasteiger partial charge in [0.05, 0.1) is 15.5 Å². The Bertz CT molecular complexity index is 1100. The topological polar surface area (TPSA) is 111 Å². The molecule has 0 aliphatic carbocycles. The lowest BCUT2D eigenvalue weighted by atomic mass is 10.1. The zero-order valence-electron chi connectivity index (χ0n) is 14.9. The lowest BCUT2D eigenvalue weighted by Gasteiger charge is -2.25. The molecular formula is C17H16FN5O4S. The van der Waals surface area contributed by atoms with Crippen LogP contribution < -0.4 is 0 Å². The van der Waals surface area contributed by atoms with E-state index in [9.17, 15) is 22.9 Å². The van der Waals surface area contributed by atoms with Crippen LogP contribution in [0.15, 0.2) is 60.0 Å². The highest BCUT2D eigenvalue weighted by Gasteiger charge is 2.29. The summed E-state index contributed by atoms with van der Waals surface area (Å²) in [6.45, 7) is 1.68. The number of nitrogens with zero attached hydrogens (tertiary/aromatic N) is 5. The van der Waals surface area contributed by atoms with Gasteiger partial charge in [-0.3, -0.25) is 10.1 Å². The van der Waals surface area contributed by atoms with E-state index in [1.54, 1.807) is 35.9 Å². The van der Waals surface area contributed by atoms with Crippen LogP contribution >= 0.6 is 0 Å². The van der Waals surface area contributed by atoms with Gasteiger partial charge in [0.1, 0.15) is 12.7 Å². The molecule has 0 fully saturated rings. The van der Waals surface area contributed by atoms with Crippen molar-refractivity contribution in [3.63, 3.8) is 0 Å². The van der Waals surface area contributed by atoms with E-state index < -0.39 is 32.5 Å². The molecule has 0 N–H and O–H groups in total. The molecule has 3 rings (SSSR count). The average molecular weight is 405 g/mol. The maximum absolute atomic E-state index is 13.5. The first-order valence-corrected chi connectivity index (χ1v) is 9.53. The van der Waals surface area contributed by atoms with Crippen LogP contribution in [-0.2, 0) is 10.0 Å². The molecule has 0 aliphatic rings. The van der Waals surface area contributed by atoms with Gasteiger partial charge in [-0.15, -0.1) is 0 Å². The molecule has 3 aromatic rings. The number of halogens is 1. The first-order chi connectivity index (χ1) is 13.2. The Morgan fingerprint density at radius 1 is 1.21 bits per heavy atom. The molecule has 28 heavy (non-hydrogen) atoms. The number of rotatable bonds is 6. The second-order valence-corrected chi connectivity index (χ2v) is 8.00. The molecule has 0 saturated carbocycles. The van der Waals surface area contributed by atoms with E-state index in [4.69, 9.17) is 0 Å². The molecule has 0 unspecified atom stereocenters. The summed E-state index contributed by atoms with van der Waals surface area (Å²) in [6, 6.07) is 8.97. The van der Waals surface area contributed by atoms with Crippen LogP contribution in [0.25, 0.3) is 5.69 Å². The van der Waals surface area contributed by atoms with Gasteiger partial charge in [-0.05, 0) is 36.8 Å². The zero-order chi connectivity index (χ0) is 20.5. The average Bonchev–Trinajstić information content (AvgIpc) is 3.21. The molecular weight excluding hydrogens is 389 g/mol. The van der Waals surface area contributed by atoms with Gasteiger partial charge in [0.2, 0.25) is 15.8 Å². The van der Waals surface area contributed by atoms with Gasteiger partial charge in [-0.2, -0.15) is 13.8 Å². The molecule has 11 heteroatoms. The van der Waals surface area contributed by atoms with E-state index in [0.717, 1.165) is 28.2 Å². The van der Waals surface area contributed by atoms with Gasteiger partial charge in [0.15, 0.2) is 0 Å². The van der Waals surface area contributed by atoms with E-state index in [-0.39, 0.29) is 4.90 Å². The Hall–Kier alpha value is -3.18. The highest BCUT2D eigenvalue weighted by Crippen LogP contribution is 2.29. The molecule has 0 bridgehead atoms. The van der Waals surface area contributed by atoms with Crippen LogP contribution in [0.4, 0.5) is 10.1 Å². The first-order valence-electron chi connectivity index (χ1n) is 8.09. The predicted octanol–water partition coefficient (Wildman–Crippen LogP) is 2.70. The van der Waals surface area contributed by atoms with Gasteiger partial charge in [-0.25, -0.2) is 18.1 Å². The maximum Gasteiger partial charge on any atom is 0.306 e. The van der Waals surface area contributed by atoms with Gasteiger partial charge < -0.3 is 0 Å². The number of hydrogen-bond donors (Lipinski definition) is 0. The molecule has 0 amide bonds. The molecule has 9 nitrogen and oxygen atoms in total. The number of aromatic nitrogens is 3. The van der Waals surface area contributed by atoms with Gasteiger partial charge in [0, 0.05) is 19.2 Å². The molecule has 0 spiro atoms. The Labute approximate surface area is 160 Å². The fourth-order valence-electron chi connectivity index (χ4n) is 2.62. The van der Waals surface area contributed by atoms with Crippen molar-refractivity contribution < 1.29 is 17.7 Å². The highest BCUT2D eigenvalue weighted by atomic mass is 32.2. The minimum Gasteiger partial charge on any atom is -0.258 e. The number of nitro benzene ring substituents is 1. The fraction of sp³-hybridized carbons (Fsp3) is 0.176. The number of benzene rings is 2. The third-order valence-corrected chi connectivity index (χ3v) is 6.32. The molecule has 0 saturated heterocycles.